The van der Waals surface area contributed by atoms with Gasteiger partial charge in [0.25, 0.3) is 5.91 Å². The minimum atomic E-state index is -0.427. The molecule has 1 atom stereocenters. The zero-order valence-electron chi connectivity index (χ0n) is 14.2. The number of carbonyl (C=O) groups excluding carboxylic acids is 2. The van der Waals surface area contributed by atoms with Crippen molar-refractivity contribution in [3.05, 3.63) is 46.7 Å². The highest BCUT2D eigenvalue weighted by Gasteiger charge is 2.20. The Hall–Kier alpha value is -2.54. The van der Waals surface area contributed by atoms with Gasteiger partial charge in [0.2, 0.25) is 0 Å². The first-order valence-corrected chi connectivity index (χ1v) is 8.75. The molecule has 0 aliphatic carbocycles. The van der Waals surface area contributed by atoms with Gasteiger partial charge in [0.05, 0.1) is 26.2 Å². The Kier molecular flexibility index (Phi) is 7.28. The van der Waals surface area contributed by atoms with Crippen molar-refractivity contribution in [1.29, 1.82) is 0 Å². The number of nitrogens with one attached hydrogen (secondary N) is 1. The van der Waals surface area contributed by atoms with Crippen LogP contribution in [0.15, 0.2) is 41.8 Å². The van der Waals surface area contributed by atoms with E-state index in [0.717, 1.165) is 10.6 Å². The highest BCUT2D eigenvalue weighted by molar-refractivity contribution is 7.10. The first kappa shape index (κ1) is 18.8. The number of ether oxygens (including phenoxy) is 3. The first-order valence-electron chi connectivity index (χ1n) is 7.87. The maximum Gasteiger partial charge on any atom is 0.307 e. The average molecular weight is 363 g/mol. The molecule has 134 valence electrons. The van der Waals surface area contributed by atoms with Crippen LogP contribution in [0.1, 0.15) is 24.3 Å². The number of rotatable bonds is 9. The van der Waals surface area contributed by atoms with E-state index in [9.17, 15) is 9.59 Å². The number of methoxy groups -OCH3 is 1. The summed E-state index contributed by atoms with van der Waals surface area (Å²) in [5.41, 5.74) is 0. The molecular formula is C18H21NO5S. The van der Waals surface area contributed by atoms with Gasteiger partial charge < -0.3 is 19.5 Å². The number of carbonyl (C=O) groups is 2. The van der Waals surface area contributed by atoms with E-state index in [-0.39, 0.29) is 24.9 Å². The normalized spacial score (nSPS) is 11.4. The fraction of sp³-hybridized carbons (Fsp3) is 0.333. The Morgan fingerprint density at radius 3 is 2.36 bits per heavy atom. The number of benzene rings is 1. The minimum absolute atomic E-state index is 0.0752. The Balaban J connectivity index is 1.89. The summed E-state index contributed by atoms with van der Waals surface area (Å²) in [6, 6.07) is 10.3. The van der Waals surface area contributed by atoms with Crippen LogP contribution in [0.2, 0.25) is 0 Å². The molecule has 0 fully saturated rings. The smallest absolute Gasteiger partial charge is 0.307 e. The van der Waals surface area contributed by atoms with E-state index in [1.165, 1.54) is 18.4 Å². The highest BCUT2D eigenvalue weighted by atomic mass is 32.1. The fourth-order valence-electron chi connectivity index (χ4n) is 2.15. The minimum Gasteiger partial charge on any atom is -0.494 e. The number of hydrogen-bond donors (Lipinski definition) is 1. The van der Waals surface area contributed by atoms with Crippen molar-refractivity contribution < 1.29 is 23.8 Å². The van der Waals surface area contributed by atoms with E-state index in [2.05, 4.69) is 5.32 Å². The number of thiophene rings is 1. The predicted molar refractivity (Wildman–Crippen MR) is 94.9 cm³/mol. The second kappa shape index (κ2) is 9.68. The van der Waals surface area contributed by atoms with Crippen LogP contribution in [0.4, 0.5) is 0 Å². The Labute approximate surface area is 150 Å². The van der Waals surface area contributed by atoms with Gasteiger partial charge in [-0.2, -0.15) is 0 Å². The topological polar surface area (TPSA) is 73.9 Å². The van der Waals surface area contributed by atoms with Crippen LogP contribution >= 0.6 is 11.3 Å². The van der Waals surface area contributed by atoms with Gasteiger partial charge in [0.1, 0.15) is 11.5 Å². The molecule has 0 aliphatic rings. The Morgan fingerprint density at radius 1 is 1.12 bits per heavy atom. The summed E-state index contributed by atoms with van der Waals surface area (Å²) < 4.78 is 15.5. The summed E-state index contributed by atoms with van der Waals surface area (Å²) in [6.07, 6.45) is 0.0752. The summed E-state index contributed by atoms with van der Waals surface area (Å²) in [6.45, 7) is 2.36. The summed E-state index contributed by atoms with van der Waals surface area (Å²) in [7, 11) is 1.32. The quantitative estimate of drug-likeness (QED) is 0.694. The molecule has 6 nitrogen and oxygen atoms in total. The van der Waals surface area contributed by atoms with Gasteiger partial charge >= 0.3 is 5.97 Å². The molecule has 0 radical (unpaired) electrons. The third-order valence-electron chi connectivity index (χ3n) is 3.32. The molecule has 1 aromatic heterocycles. The fourth-order valence-corrected chi connectivity index (χ4v) is 2.92. The number of hydrogen-bond acceptors (Lipinski definition) is 6. The first-order chi connectivity index (χ1) is 12.1. The van der Waals surface area contributed by atoms with E-state index in [0.29, 0.717) is 12.4 Å². The summed E-state index contributed by atoms with van der Waals surface area (Å²) in [5, 5.41) is 4.70. The van der Waals surface area contributed by atoms with E-state index in [1.54, 1.807) is 24.3 Å². The maximum absolute atomic E-state index is 12.2. The van der Waals surface area contributed by atoms with Crippen molar-refractivity contribution in [1.82, 2.24) is 5.32 Å². The van der Waals surface area contributed by atoms with Gasteiger partial charge in [-0.15, -0.1) is 11.3 Å². The number of amides is 1. The second-order valence-corrected chi connectivity index (χ2v) is 6.09. The third kappa shape index (κ3) is 6.11. The molecule has 1 aromatic carbocycles. The van der Waals surface area contributed by atoms with Gasteiger partial charge in [0.15, 0.2) is 6.61 Å². The van der Waals surface area contributed by atoms with Crippen LogP contribution in [0.3, 0.4) is 0 Å². The molecule has 7 heteroatoms. The van der Waals surface area contributed by atoms with Crippen LogP contribution < -0.4 is 14.8 Å². The van der Waals surface area contributed by atoms with Crippen LogP contribution in [-0.2, 0) is 14.3 Å². The molecule has 1 N–H and O–H groups in total. The van der Waals surface area contributed by atoms with Crippen LogP contribution in [0.25, 0.3) is 0 Å². The summed E-state index contributed by atoms with van der Waals surface area (Å²) in [5.74, 6) is 0.622. The highest BCUT2D eigenvalue weighted by Crippen LogP contribution is 2.22. The van der Waals surface area contributed by atoms with Crippen molar-refractivity contribution in [2.75, 3.05) is 20.3 Å². The zero-order valence-corrected chi connectivity index (χ0v) is 15.0. The molecule has 2 aromatic rings. The van der Waals surface area contributed by atoms with Gasteiger partial charge in [-0.1, -0.05) is 6.07 Å². The van der Waals surface area contributed by atoms with Crippen molar-refractivity contribution in [2.45, 2.75) is 19.4 Å². The molecule has 2 rings (SSSR count). The van der Waals surface area contributed by atoms with E-state index < -0.39 is 6.04 Å². The lowest BCUT2D eigenvalue weighted by atomic mass is 10.1. The number of esters is 1. The molecule has 0 spiro atoms. The van der Waals surface area contributed by atoms with Gasteiger partial charge in [0, 0.05) is 4.88 Å². The second-order valence-electron chi connectivity index (χ2n) is 5.11. The van der Waals surface area contributed by atoms with Gasteiger partial charge in [-0.25, -0.2) is 0 Å². The summed E-state index contributed by atoms with van der Waals surface area (Å²) >= 11 is 1.47. The third-order valence-corrected chi connectivity index (χ3v) is 4.31. The van der Waals surface area contributed by atoms with Crippen molar-refractivity contribution in [2.24, 2.45) is 0 Å². The largest absolute Gasteiger partial charge is 0.494 e. The van der Waals surface area contributed by atoms with Gasteiger partial charge in [-0.3, -0.25) is 9.59 Å². The molecule has 0 bridgehead atoms. The van der Waals surface area contributed by atoms with E-state index >= 15 is 0 Å². The monoisotopic (exact) mass is 363 g/mol. The molecule has 0 saturated heterocycles. The molecule has 1 amide bonds. The average Bonchev–Trinajstić information content (AvgIpc) is 3.15. The van der Waals surface area contributed by atoms with Gasteiger partial charge in [-0.05, 0) is 42.6 Å². The van der Waals surface area contributed by atoms with Crippen molar-refractivity contribution >= 4 is 23.2 Å². The van der Waals surface area contributed by atoms with Crippen LogP contribution in [0.5, 0.6) is 11.5 Å². The van der Waals surface area contributed by atoms with Crippen LogP contribution in [-0.4, -0.2) is 32.2 Å². The van der Waals surface area contributed by atoms with Crippen molar-refractivity contribution in [3.63, 3.8) is 0 Å². The molecule has 0 aliphatic heterocycles. The van der Waals surface area contributed by atoms with Crippen molar-refractivity contribution in [3.8, 4) is 11.5 Å². The zero-order chi connectivity index (χ0) is 18.1. The summed E-state index contributed by atoms with van der Waals surface area (Å²) in [4.78, 5) is 24.6. The predicted octanol–water partition coefficient (Wildman–Crippen LogP) is 2.95. The van der Waals surface area contributed by atoms with E-state index in [1.807, 2.05) is 24.4 Å². The molecule has 1 unspecified atom stereocenters. The van der Waals surface area contributed by atoms with E-state index in [4.69, 9.17) is 14.2 Å². The standard InChI is InChI=1S/C18H21NO5S/c1-3-23-13-6-8-14(9-7-13)24-12-17(20)19-15(11-18(21)22-2)16-5-4-10-25-16/h4-10,15H,3,11-12H2,1-2H3,(H,19,20). The Morgan fingerprint density at radius 2 is 1.80 bits per heavy atom. The Bertz CT molecular complexity index is 669. The molecule has 25 heavy (non-hydrogen) atoms. The lowest BCUT2D eigenvalue weighted by Crippen LogP contribution is -2.33. The van der Waals surface area contributed by atoms with Crippen LogP contribution in [0, 0.1) is 0 Å². The maximum atomic E-state index is 12.2. The SMILES string of the molecule is CCOc1ccc(OCC(=O)NC(CC(=O)OC)c2cccs2)cc1. The lowest BCUT2D eigenvalue weighted by molar-refractivity contribution is -0.141. The lowest BCUT2D eigenvalue weighted by Gasteiger charge is -2.16. The molecule has 0 saturated carbocycles. The molecule has 1 heterocycles. The molecular weight excluding hydrogens is 342 g/mol.